The van der Waals surface area contributed by atoms with Gasteiger partial charge >= 0.3 is 0 Å². The third-order valence-electron chi connectivity index (χ3n) is 4.50. The topological polar surface area (TPSA) is 32.3 Å². The third kappa shape index (κ3) is 2.76. The smallest absolute Gasteiger partial charge is 0.123 e. The summed E-state index contributed by atoms with van der Waals surface area (Å²) in [6, 6.07) is 11.9. The SMILES string of the molecule is OC(c1ccc(F)cc1)(c1ccc(F)cc1)C1CCNCC1. The first kappa shape index (κ1) is 15.1. The quantitative estimate of drug-likeness (QED) is 0.912. The largest absolute Gasteiger partial charge is 0.380 e. The molecule has 1 fully saturated rings. The molecule has 4 heteroatoms. The number of rotatable bonds is 3. The molecule has 22 heavy (non-hydrogen) atoms. The first-order chi connectivity index (χ1) is 10.6. The van der Waals surface area contributed by atoms with Crippen LogP contribution >= 0.6 is 0 Å². The highest BCUT2D eigenvalue weighted by molar-refractivity contribution is 5.37. The molecule has 0 unspecified atom stereocenters. The maximum Gasteiger partial charge on any atom is 0.123 e. The predicted octanol–water partition coefficient (Wildman–Crippen LogP) is 3.20. The summed E-state index contributed by atoms with van der Waals surface area (Å²) in [7, 11) is 0. The summed E-state index contributed by atoms with van der Waals surface area (Å²) in [5, 5.41) is 14.8. The van der Waals surface area contributed by atoms with Crippen LogP contribution in [0.5, 0.6) is 0 Å². The molecule has 2 nitrogen and oxygen atoms in total. The summed E-state index contributed by atoms with van der Waals surface area (Å²) < 4.78 is 26.5. The van der Waals surface area contributed by atoms with Gasteiger partial charge in [0.15, 0.2) is 0 Å². The Hall–Kier alpha value is -1.78. The van der Waals surface area contributed by atoms with Gasteiger partial charge in [0.2, 0.25) is 0 Å². The first-order valence-corrected chi connectivity index (χ1v) is 7.56. The van der Waals surface area contributed by atoms with Crippen molar-refractivity contribution in [3.63, 3.8) is 0 Å². The second-order valence-corrected chi connectivity index (χ2v) is 5.80. The normalized spacial score (nSPS) is 16.7. The van der Waals surface area contributed by atoms with Gasteiger partial charge < -0.3 is 10.4 Å². The van der Waals surface area contributed by atoms with Crippen LogP contribution in [0.4, 0.5) is 8.78 Å². The Morgan fingerprint density at radius 2 is 1.23 bits per heavy atom. The Morgan fingerprint density at radius 1 is 0.818 bits per heavy atom. The van der Waals surface area contributed by atoms with Crippen molar-refractivity contribution < 1.29 is 13.9 Å². The minimum absolute atomic E-state index is 0.00433. The first-order valence-electron chi connectivity index (χ1n) is 7.56. The average Bonchev–Trinajstić information content (AvgIpc) is 2.56. The zero-order chi connectivity index (χ0) is 15.6. The number of hydrogen-bond donors (Lipinski definition) is 2. The number of halogens is 2. The molecule has 0 amide bonds. The van der Waals surface area contributed by atoms with Crippen LogP contribution in [0.1, 0.15) is 24.0 Å². The highest BCUT2D eigenvalue weighted by atomic mass is 19.1. The zero-order valence-electron chi connectivity index (χ0n) is 12.2. The number of aliphatic hydroxyl groups is 1. The van der Waals surface area contributed by atoms with E-state index in [1.54, 1.807) is 24.3 Å². The van der Waals surface area contributed by atoms with Crippen molar-refractivity contribution in [3.05, 3.63) is 71.3 Å². The number of piperidine rings is 1. The van der Waals surface area contributed by atoms with Gasteiger partial charge in [-0.25, -0.2) is 8.78 Å². The van der Waals surface area contributed by atoms with Gasteiger partial charge in [-0.1, -0.05) is 24.3 Å². The highest BCUT2D eigenvalue weighted by Crippen LogP contribution is 2.41. The standard InChI is InChI=1S/C18H19F2NO/c19-16-5-1-13(2-6-16)18(22,15-9-11-21-12-10-15)14-3-7-17(20)8-4-14/h1-8,15,21-22H,9-12H2. The van der Waals surface area contributed by atoms with E-state index < -0.39 is 5.60 Å². The van der Waals surface area contributed by atoms with Crippen LogP contribution in [-0.4, -0.2) is 18.2 Å². The monoisotopic (exact) mass is 303 g/mol. The summed E-state index contributed by atoms with van der Waals surface area (Å²) in [4.78, 5) is 0. The van der Waals surface area contributed by atoms with Crippen LogP contribution in [0.3, 0.4) is 0 Å². The van der Waals surface area contributed by atoms with Crippen LogP contribution in [-0.2, 0) is 5.60 Å². The van der Waals surface area contributed by atoms with Crippen molar-refractivity contribution in [1.29, 1.82) is 0 Å². The molecule has 0 aromatic heterocycles. The van der Waals surface area contributed by atoms with Gasteiger partial charge in [-0.3, -0.25) is 0 Å². The summed E-state index contributed by atoms with van der Waals surface area (Å²) in [6.07, 6.45) is 1.62. The Labute approximate surface area is 128 Å². The second kappa shape index (κ2) is 6.15. The fraction of sp³-hybridized carbons (Fsp3) is 0.333. The van der Waals surface area contributed by atoms with E-state index in [0.29, 0.717) is 11.1 Å². The fourth-order valence-electron chi connectivity index (χ4n) is 3.29. The van der Waals surface area contributed by atoms with Gasteiger partial charge in [0.05, 0.1) is 0 Å². The molecular formula is C18H19F2NO. The maximum atomic E-state index is 13.2. The number of benzene rings is 2. The van der Waals surface area contributed by atoms with E-state index in [9.17, 15) is 13.9 Å². The van der Waals surface area contributed by atoms with Crippen molar-refractivity contribution in [2.45, 2.75) is 18.4 Å². The van der Waals surface area contributed by atoms with E-state index in [0.717, 1.165) is 25.9 Å². The Balaban J connectivity index is 2.08. The molecule has 0 radical (unpaired) electrons. The second-order valence-electron chi connectivity index (χ2n) is 5.80. The average molecular weight is 303 g/mol. The molecular weight excluding hydrogens is 284 g/mol. The molecule has 1 aliphatic rings. The van der Waals surface area contributed by atoms with Gasteiger partial charge in [-0.2, -0.15) is 0 Å². The van der Waals surface area contributed by atoms with Gasteiger partial charge in [0.1, 0.15) is 17.2 Å². The van der Waals surface area contributed by atoms with E-state index in [4.69, 9.17) is 0 Å². The lowest BCUT2D eigenvalue weighted by atomic mass is 9.72. The van der Waals surface area contributed by atoms with Crippen molar-refractivity contribution in [1.82, 2.24) is 5.32 Å². The van der Waals surface area contributed by atoms with Gasteiger partial charge in [-0.05, 0) is 67.2 Å². The Morgan fingerprint density at radius 3 is 1.64 bits per heavy atom. The van der Waals surface area contributed by atoms with Crippen LogP contribution in [0.2, 0.25) is 0 Å². The van der Waals surface area contributed by atoms with Crippen LogP contribution < -0.4 is 5.32 Å². The molecule has 2 N–H and O–H groups in total. The lowest BCUT2D eigenvalue weighted by Crippen LogP contribution is -2.42. The molecule has 3 rings (SSSR count). The molecule has 1 saturated heterocycles. The number of nitrogens with one attached hydrogen (secondary N) is 1. The highest BCUT2D eigenvalue weighted by Gasteiger charge is 2.40. The molecule has 2 aromatic carbocycles. The maximum absolute atomic E-state index is 13.2. The molecule has 116 valence electrons. The fourth-order valence-corrected chi connectivity index (χ4v) is 3.29. The van der Waals surface area contributed by atoms with Gasteiger partial charge in [0, 0.05) is 0 Å². The molecule has 0 aliphatic carbocycles. The van der Waals surface area contributed by atoms with Crippen LogP contribution in [0.25, 0.3) is 0 Å². The van der Waals surface area contributed by atoms with Crippen molar-refractivity contribution in [2.24, 2.45) is 5.92 Å². The molecule has 0 spiro atoms. The minimum atomic E-state index is -1.23. The Kier molecular flexibility index (Phi) is 4.23. The Bertz CT molecular complexity index is 573. The van der Waals surface area contributed by atoms with E-state index in [2.05, 4.69) is 5.32 Å². The molecule has 1 heterocycles. The van der Waals surface area contributed by atoms with Crippen molar-refractivity contribution >= 4 is 0 Å². The summed E-state index contributed by atoms with van der Waals surface area (Å²) in [5.74, 6) is -0.671. The molecule has 0 saturated carbocycles. The van der Waals surface area contributed by atoms with Crippen molar-refractivity contribution in [2.75, 3.05) is 13.1 Å². The van der Waals surface area contributed by atoms with E-state index >= 15 is 0 Å². The lowest BCUT2D eigenvalue weighted by Gasteiger charge is -2.39. The molecule has 0 atom stereocenters. The summed E-state index contributed by atoms with van der Waals surface area (Å²) in [5.41, 5.74) is 0.0589. The summed E-state index contributed by atoms with van der Waals surface area (Å²) >= 11 is 0. The van der Waals surface area contributed by atoms with Gasteiger partial charge in [0.25, 0.3) is 0 Å². The van der Waals surface area contributed by atoms with E-state index in [1.807, 2.05) is 0 Å². The zero-order valence-corrected chi connectivity index (χ0v) is 12.2. The molecule has 2 aromatic rings. The predicted molar refractivity (Wildman–Crippen MR) is 81.4 cm³/mol. The van der Waals surface area contributed by atoms with Gasteiger partial charge in [-0.15, -0.1) is 0 Å². The molecule has 1 aliphatic heterocycles. The van der Waals surface area contributed by atoms with Crippen LogP contribution in [0.15, 0.2) is 48.5 Å². The molecule has 0 bridgehead atoms. The van der Waals surface area contributed by atoms with Crippen molar-refractivity contribution in [3.8, 4) is 0 Å². The number of hydrogen-bond acceptors (Lipinski definition) is 2. The van der Waals surface area contributed by atoms with E-state index in [1.165, 1.54) is 24.3 Å². The minimum Gasteiger partial charge on any atom is -0.380 e. The summed E-state index contributed by atoms with van der Waals surface area (Å²) in [6.45, 7) is 1.66. The lowest BCUT2D eigenvalue weighted by molar-refractivity contribution is 0.00226. The van der Waals surface area contributed by atoms with E-state index in [-0.39, 0.29) is 17.6 Å². The third-order valence-corrected chi connectivity index (χ3v) is 4.50. The van der Waals surface area contributed by atoms with Crippen LogP contribution in [0, 0.1) is 17.6 Å².